The van der Waals surface area contributed by atoms with Gasteiger partial charge in [0.1, 0.15) is 19.0 Å². The summed E-state index contributed by atoms with van der Waals surface area (Å²) in [6.07, 6.45) is 1.46. The number of anilines is 2. The van der Waals surface area contributed by atoms with E-state index in [9.17, 15) is 4.79 Å². The van der Waals surface area contributed by atoms with E-state index in [1.165, 1.54) is 6.33 Å². The first-order valence-corrected chi connectivity index (χ1v) is 12.1. The summed E-state index contributed by atoms with van der Waals surface area (Å²) < 4.78 is 13.4. The number of rotatable bonds is 7. The van der Waals surface area contributed by atoms with E-state index in [0.29, 0.717) is 40.3 Å². The summed E-state index contributed by atoms with van der Waals surface area (Å²) >= 11 is 5.98. The summed E-state index contributed by atoms with van der Waals surface area (Å²) in [5.41, 5.74) is 4.73. The van der Waals surface area contributed by atoms with Crippen LogP contribution in [0.1, 0.15) is 29.7 Å². The first-order chi connectivity index (χ1) is 17.9. The normalized spacial score (nSPS) is 14.5. The summed E-state index contributed by atoms with van der Waals surface area (Å²) in [4.78, 5) is 17.9. The lowest BCUT2D eigenvalue weighted by Gasteiger charge is -2.29. The Kier molecular flexibility index (Phi) is 6.83. The number of para-hydroxylation sites is 1. The first kappa shape index (κ1) is 24.4. The maximum atomic E-state index is 13.6. The molecule has 8 nitrogen and oxygen atoms in total. The van der Waals surface area contributed by atoms with Crippen LogP contribution < -0.4 is 20.1 Å². The molecule has 188 valence electrons. The van der Waals surface area contributed by atoms with Crippen LogP contribution >= 0.6 is 11.6 Å². The lowest BCUT2D eigenvalue weighted by molar-refractivity contribution is -0.113. The fourth-order valence-corrected chi connectivity index (χ4v) is 4.44. The van der Waals surface area contributed by atoms with E-state index < -0.39 is 6.04 Å². The van der Waals surface area contributed by atoms with E-state index in [1.807, 2.05) is 80.6 Å². The van der Waals surface area contributed by atoms with Gasteiger partial charge in [-0.15, -0.1) is 0 Å². The van der Waals surface area contributed by atoms with Gasteiger partial charge in [-0.25, -0.2) is 4.68 Å². The number of aromatic nitrogens is 3. The number of halogens is 1. The molecule has 1 aromatic heterocycles. The lowest BCUT2D eigenvalue weighted by atomic mass is 9.94. The molecule has 5 rings (SSSR count). The van der Waals surface area contributed by atoms with Crippen LogP contribution in [-0.4, -0.2) is 27.8 Å². The van der Waals surface area contributed by atoms with Crippen LogP contribution in [0.3, 0.4) is 0 Å². The van der Waals surface area contributed by atoms with Crippen LogP contribution in [0.2, 0.25) is 5.02 Å². The number of amides is 1. The SMILES string of the molecule is COc1cc(C2C(C(=O)Nc3ccccc3C)=C(C)Nc3ncnn32)ccc1OCc1ccc(Cl)cc1. The number of methoxy groups -OCH3 is 1. The molecule has 37 heavy (non-hydrogen) atoms. The third-order valence-corrected chi connectivity index (χ3v) is 6.50. The van der Waals surface area contributed by atoms with Gasteiger partial charge < -0.3 is 20.1 Å². The summed E-state index contributed by atoms with van der Waals surface area (Å²) in [6.45, 7) is 4.17. The molecule has 0 radical (unpaired) electrons. The number of ether oxygens (including phenoxy) is 2. The summed E-state index contributed by atoms with van der Waals surface area (Å²) in [5, 5.41) is 11.3. The molecule has 4 aromatic rings. The maximum Gasteiger partial charge on any atom is 0.255 e. The van der Waals surface area contributed by atoms with Gasteiger partial charge in [0.2, 0.25) is 5.95 Å². The molecule has 1 amide bonds. The zero-order valence-corrected chi connectivity index (χ0v) is 21.4. The minimum atomic E-state index is -0.526. The highest BCUT2D eigenvalue weighted by molar-refractivity contribution is 6.30. The van der Waals surface area contributed by atoms with Crippen LogP contribution in [0.25, 0.3) is 0 Å². The Hall–Kier alpha value is -4.30. The van der Waals surface area contributed by atoms with Crippen LogP contribution in [0.15, 0.2) is 84.3 Å². The van der Waals surface area contributed by atoms with E-state index in [4.69, 9.17) is 21.1 Å². The smallest absolute Gasteiger partial charge is 0.255 e. The van der Waals surface area contributed by atoms with Gasteiger partial charge in [-0.2, -0.15) is 10.1 Å². The number of aryl methyl sites for hydroxylation is 1. The molecular formula is C28H26ClN5O3. The Morgan fingerprint density at radius 3 is 2.62 bits per heavy atom. The predicted molar refractivity (Wildman–Crippen MR) is 143 cm³/mol. The number of nitrogens with zero attached hydrogens (tertiary/aromatic N) is 3. The van der Waals surface area contributed by atoms with Crippen LogP contribution in [0, 0.1) is 6.92 Å². The van der Waals surface area contributed by atoms with Gasteiger partial charge in [0.05, 0.1) is 12.7 Å². The second-order valence-electron chi connectivity index (χ2n) is 8.69. The predicted octanol–water partition coefficient (Wildman–Crippen LogP) is 5.76. The van der Waals surface area contributed by atoms with Crippen molar-refractivity contribution in [1.82, 2.24) is 14.8 Å². The molecule has 1 atom stereocenters. The molecule has 0 saturated carbocycles. The lowest BCUT2D eigenvalue weighted by Crippen LogP contribution is -2.31. The van der Waals surface area contributed by atoms with E-state index in [1.54, 1.807) is 11.8 Å². The zero-order valence-electron chi connectivity index (χ0n) is 20.7. The van der Waals surface area contributed by atoms with Crippen molar-refractivity contribution >= 4 is 29.1 Å². The Morgan fingerprint density at radius 1 is 1.08 bits per heavy atom. The van der Waals surface area contributed by atoms with Gasteiger partial charge in [-0.1, -0.05) is 48.0 Å². The molecule has 1 aliphatic heterocycles. The molecule has 9 heteroatoms. The molecule has 3 aromatic carbocycles. The van der Waals surface area contributed by atoms with Crippen LogP contribution in [0.5, 0.6) is 11.5 Å². The topological polar surface area (TPSA) is 90.3 Å². The van der Waals surface area contributed by atoms with Crippen molar-refractivity contribution in [3.05, 3.63) is 106 Å². The van der Waals surface area contributed by atoms with Gasteiger partial charge in [-0.05, 0) is 60.9 Å². The van der Waals surface area contributed by atoms with Crippen molar-refractivity contribution in [3.8, 4) is 11.5 Å². The average Bonchev–Trinajstić information content (AvgIpc) is 3.37. The number of allylic oxidation sites excluding steroid dienone is 1. The van der Waals surface area contributed by atoms with Crippen molar-refractivity contribution in [1.29, 1.82) is 0 Å². The minimum absolute atomic E-state index is 0.229. The number of hydrogen-bond donors (Lipinski definition) is 2. The quantitative estimate of drug-likeness (QED) is 0.325. The fraction of sp³-hybridized carbons (Fsp3) is 0.179. The van der Waals surface area contributed by atoms with Crippen LogP contribution in [0.4, 0.5) is 11.6 Å². The van der Waals surface area contributed by atoms with E-state index >= 15 is 0 Å². The molecule has 0 spiro atoms. The van der Waals surface area contributed by atoms with Gasteiger partial charge in [-0.3, -0.25) is 4.79 Å². The van der Waals surface area contributed by atoms with E-state index in [2.05, 4.69) is 20.7 Å². The van der Waals surface area contributed by atoms with Gasteiger partial charge in [0.25, 0.3) is 5.91 Å². The number of carbonyl (C=O) groups excluding carboxylic acids is 1. The molecule has 0 bridgehead atoms. The Morgan fingerprint density at radius 2 is 1.86 bits per heavy atom. The van der Waals surface area contributed by atoms with Crippen molar-refractivity contribution in [2.45, 2.75) is 26.5 Å². The van der Waals surface area contributed by atoms with Crippen molar-refractivity contribution in [2.75, 3.05) is 17.7 Å². The Balaban J connectivity index is 1.47. The molecular weight excluding hydrogens is 490 g/mol. The van der Waals surface area contributed by atoms with E-state index in [0.717, 1.165) is 22.4 Å². The first-order valence-electron chi connectivity index (χ1n) is 11.7. The average molecular weight is 516 g/mol. The van der Waals surface area contributed by atoms with E-state index in [-0.39, 0.29) is 5.91 Å². The number of carbonyl (C=O) groups is 1. The molecule has 2 N–H and O–H groups in total. The second kappa shape index (κ2) is 10.4. The summed E-state index contributed by atoms with van der Waals surface area (Å²) in [7, 11) is 1.59. The Labute approximate surface area is 219 Å². The third-order valence-electron chi connectivity index (χ3n) is 6.24. The standard InChI is InChI=1S/C28H26ClN5O3/c1-17-6-4-5-7-22(17)33-27(35)25-18(2)32-28-30-16-31-34(28)26(25)20-10-13-23(24(14-20)36-3)37-15-19-8-11-21(29)12-9-19/h4-14,16,26H,15H2,1-3H3,(H,33,35)(H,30,31,32). The highest BCUT2D eigenvalue weighted by Crippen LogP contribution is 2.39. The zero-order chi connectivity index (χ0) is 25.9. The second-order valence-corrected chi connectivity index (χ2v) is 9.13. The molecule has 2 heterocycles. The number of hydrogen-bond acceptors (Lipinski definition) is 6. The fourth-order valence-electron chi connectivity index (χ4n) is 4.31. The highest BCUT2D eigenvalue weighted by Gasteiger charge is 2.34. The molecule has 1 unspecified atom stereocenters. The van der Waals surface area contributed by atoms with Crippen molar-refractivity contribution < 1.29 is 14.3 Å². The summed E-state index contributed by atoms with van der Waals surface area (Å²) in [6, 6.07) is 20.2. The van der Waals surface area contributed by atoms with Gasteiger partial charge in [0, 0.05) is 16.4 Å². The maximum absolute atomic E-state index is 13.6. The molecule has 1 aliphatic rings. The number of nitrogens with one attached hydrogen (secondary N) is 2. The summed E-state index contributed by atoms with van der Waals surface area (Å²) in [5.74, 6) is 1.45. The van der Waals surface area contributed by atoms with Crippen molar-refractivity contribution in [2.24, 2.45) is 0 Å². The minimum Gasteiger partial charge on any atom is -0.493 e. The molecule has 0 saturated heterocycles. The largest absolute Gasteiger partial charge is 0.493 e. The Bertz CT molecular complexity index is 1480. The number of fused-ring (bicyclic) bond motifs is 1. The monoisotopic (exact) mass is 515 g/mol. The van der Waals surface area contributed by atoms with Crippen LogP contribution in [-0.2, 0) is 11.4 Å². The van der Waals surface area contributed by atoms with Gasteiger partial charge >= 0.3 is 0 Å². The molecule has 0 fully saturated rings. The van der Waals surface area contributed by atoms with Crippen molar-refractivity contribution in [3.63, 3.8) is 0 Å². The highest BCUT2D eigenvalue weighted by atomic mass is 35.5. The number of benzene rings is 3. The molecule has 0 aliphatic carbocycles. The van der Waals surface area contributed by atoms with Gasteiger partial charge in [0.15, 0.2) is 11.5 Å². The third kappa shape index (κ3) is 5.01.